The molecule has 2 heterocycles. The topological polar surface area (TPSA) is 67.8 Å². The van der Waals surface area contributed by atoms with Crippen LogP contribution in [-0.4, -0.2) is 10.2 Å². The van der Waals surface area contributed by atoms with Gasteiger partial charge in [-0.3, -0.25) is 5.10 Å². The van der Waals surface area contributed by atoms with E-state index in [-0.39, 0.29) is 0 Å². The Labute approximate surface area is 98.1 Å². The largest absolute Gasteiger partial charge is 0.463 e. The Kier molecular flexibility index (Phi) is 2.19. The van der Waals surface area contributed by atoms with E-state index in [1.807, 2.05) is 42.5 Å². The second-order valence-electron chi connectivity index (χ2n) is 3.70. The number of H-pyrrole nitrogens is 1. The van der Waals surface area contributed by atoms with E-state index in [1.165, 1.54) is 0 Å². The molecule has 0 atom stereocenters. The van der Waals surface area contributed by atoms with E-state index in [0.29, 0.717) is 5.82 Å². The number of rotatable bonds is 2. The van der Waals surface area contributed by atoms with Crippen LogP contribution in [-0.2, 0) is 0 Å². The number of aromatic nitrogens is 2. The quantitative estimate of drug-likeness (QED) is 0.704. The number of anilines is 1. The summed E-state index contributed by atoms with van der Waals surface area (Å²) in [5, 5.41) is 6.95. The van der Waals surface area contributed by atoms with Gasteiger partial charge in [-0.2, -0.15) is 5.10 Å². The molecule has 0 aliphatic carbocycles. The molecule has 0 amide bonds. The lowest BCUT2D eigenvalue weighted by molar-refractivity contribution is 0.580. The number of nitrogens with one attached hydrogen (secondary N) is 1. The van der Waals surface area contributed by atoms with Crippen molar-refractivity contribution in [3.8, 4) is 22.6 Å². The first kappa shape index (κ1) is 9.72. The van der Waals surface area contributed by atoms with Gasteiger partial charge in [0.15, 0.2) is 11.6 Å². The van der Waals surface area contributed by atoms with Crippen molar-refractivity contribution in [3.63, 3.8) is 0 Å². The van der Waals surface area contributed by atoms with Crippen LogP contribution >= 0.6 is 0 Å². The SMILES string of the molecule is Nc1n[nH]c(-c2ccco2)c1-c1ccccc1. The zero-order chi connectivity index (χ0) is 11.7. The van der Waals surface area contributed by atoms with Crippen LogP contribution < -0.4 is 5.73 Å². The van der Waals surface area contributed by atoms with Crippen molar-refractivity contribution in [1.82, 2.24) is 10.2 Å². The van der Waals surface area contributed by atoms with Crippen molar-refractivity contribution in [3.05, 3.63) is 48.7 Å². The predicted molar refractivity (Wildman–Crippen MR) is 66.1 cm³/mol. The molecule has 4 heteroatoms. The van der Waals surface area contributed by atoms with Crippen LogP contribution in [0.25, 0.3) is 22.6 Å². The van der Waals surface area contributed by atoms with Crippen LogP contribution in [0, 0.1) is 0 Å². The molecule has 0 saturated carbocycles. The summed E-state index contributed by atoms with van der Waals surface area (Å²) < 4.78 is 5.37. The van der Waals surface area contributed by atoms with Crippen molar-refractivity contribution in [2.45, 2.75) is 0 Å². The van der Waals surface area contributed by atoms with Crippen LogP contribution in [0.5, 0.6) is 0 Å². The highest BCUT2D eigenvalue weighted by Gasteiger charge is 2.15. The van der Waals surface area contributed by atoms with Gasteiger partial charge >= 0.3 is 0 Å². The second-order valence-corrected chi connectivity index (χ2v) is 3.70. The molecule has 3 aromatic rings. The monoisotopic (exact) mass is 225 g/mol. The standard InChI is InChI=1S/C13H11N3O/c14-13-11(9-5-2-1-3-6-9)12(15-16-13)10-7-4-8-17-10/h1-8H,(H3,14,15,16). The number of hydrogen-bond donors (Lipinski definition) is 2. The highest BCUT2D eigenvalue weighted by molar-refractivity contribution is 5.86. The Bertz CT molecular complexity index is 611. The molecule has 0 aliphatic heterocycles. The number of hydrogen-bond acceptors (Lipinski definition) is 3. The fraction of sp³-hybridized carbons (Fsp3) is 0. The minimum absolute atomic E-state index is 0.475. The van der Waals surface area contributed by atoms with Crippen molar-refractivity contribution in [2.75, 3.05) is 5.73 Å². The summed E-state index contributed by atoms with van der Waals surface area (Å²) in [6.45, 7) is 0. The average Bonchev–Trinajstić information content (AvgIpc) is 2.98. The molecule has 0 fully saturated rings. The van der Waals surface area contributed by atoms with Crippen LogP contribution in [0.3, 0.4) is 0 Å². The number of benzene rings is 1. The van der Waals surface area contributed by atoms with Crippen molar-refractivity contribution < 1.29 is 4.42 Å². The van der Waals surface area contributed by atoms with Gasteiger partial charge in [-0.1, -0.05) is 30.3 Å². The fourth-order valence-corrected chi connectivity index (χ4v) is 1.85. The van der Waals surface area contributed by atoms with E-state index < -0.39 is 0 Å². The Morgan fingerprint density at radius 3 is 2.59 bits per heavy atom. The first-order chi connectivity index (χ1) is 8.36. The van der Waals surface area contributed by atoms with Gasteiger partial charge in [0.1, 0.15) is 5.69 Å². The van der Waals surface area contributed by atoms with E-state index in [9.17, 15) is 0 Å². The van der Waals surface area contributed by atoms with Crippen LogP contribution in [0.15, 0.2) is 53.1 Å². The van der Waals surface area contributed by atoms with Gasteiger partial charge in [-0.05, 0) is 17.7 Å². The molecule has 2 aromatic heterocycles. The Morgan fingerprint density at radius 2 is 1.88 bits per heavy atom. The lowest BCUT2D eigenvalue weighted by atomic mass is 10.0. The summed E-state index contributed by atoms with van der Waals surface area (Å²) >= 11 is 0. The Morgan fingerprint density at radius 1 is 1.06 bits per heavy atom. The third-order valence-electron chi connectivity index (χ3n) is 2.62. The van der Waals surface area contributed by atoms with Gasteiger partial charge in [0.25, 0.3) is 0 Å². The molecule has 0 radical (unpaired) electrons. The van der Waals surface area contributed by atoms with E-state index in [0.717, 1.165) is 22.6 Å². The average molecular weight is 225 g/mol. The predicted octanol–water partition coefficient (Wildman–Crippen LogP) is 2.92. The van der Waals surface area contributed by atoms with Gasteiger partial charge in [0.05, 0.1) is 11.8 Å². The molecule has 0 saturated heterocycles. The smallest absolute Gasteiger partial charge is 0.153 e. The van der Waals surface area contributed by atoms with Gasteiger partial charge in [-0.25, -0.2) is 0 Å². The van der Waals surface area contributed by atoms with Crippen LogP contribution in [0.2, 0.25) is 0 Å². The maximum Gasteiger partial charge on any atom is 0.153 e. The summed E-state index contributed by atoms with van der Waals surface area (Å²) in [5.74, 6) is 1.20. The highest BCUT2D eigenvalue weighted by atomic mass is 16.3. The molecular formula is C13H11N3O. The first-order valence-corrected chi connectivity index (χ1v) is 5.29. The minimum Gasteiger partial charge on any atom is -0.463 e. The zero-order valence-electron chi connectivity index (χ0n) is 9.05. The molecule has 0 spiro atoms. The number of nitrogens with two attached hydrogens (primary N) is 1. The van der Waals surface area contributed by atoms with Crippen LogP contribution in [0.1, 0.15) is 0 Å². The summed E-state index contributed by atoms with van der Waals surface area (Å²) in [7, 11) is 0. The molecular weight excluding hydrogens is 214 g/mol. The number of nitrogens with zero attached hydrogens (tertiary/aromatic N) is 1. The van der Waals surface area contributed by atoms with E-state index in [4.69, 9.17) is 10.2 Å². The molecule has 0 bridgehead atoms. The van der Waals surface area contributed by atoms with Gasteiger partial charge < -0.3 is 10.2 Å². The fourth-order valence-electron chi connectivity index (χ4n) is 1.85. The van der Waals surface area contributed by atoms with Gasteiger partial charge in [-0.15, -0.1) is 0 Å². The maximum atomic E-state index is 5.90. The number of aromatic amines is 1. The molecule has 0 aliphatic rings. The summed E-state index contributed by atoms with van der Waals surface area (Å²) in [6, 6.07) is 13.6. The third-order valence-corrected chi connectivity index (χ3v) is 2.62. The van der Waals surface area contributed by atoms with Gasteiger partial charge in [0, 0.05) is 0 Å². The van der Waals surface area contributed by atoms with E-state index in [2.05, 4.69) is 10.2 Å². The summed E-state index contributed by atoms with van der Waals surface area (Å²) in [4.78, 5) is 0. The lowest BCUT2D eigenvalue weighted by Gasteiger charge is -2.01. The minimum atomic E-state index is 0.475. The van der Waals surface area contributed by atoms with E-state index in [1.54, 1.807) is 6.26 Å². The van der Waals surface area contributed by atoms with E-state index >= 15 is 0 Å². The van der Waals surface area contributed by atoms with Crippen molar-refractivity contribution in [1.29, 1.82) is 0 Å². The Hall–Kier alpha value is -2.49. The van der Waals surface area contributed by atoms with Crippen molar-refractivity contribution >= 4 is 5.82 Å². The normalized spacial score (nSPS) is 10.6. The summed E-state index contributed by atoms with van der Waals surface area (Å²) in [6.07, 6.45) is 1.63. The Balaban J connectivity index is 2.20. The number of furan rings is 1. The number of nitrogen functional groups attached to an aromatic ring is 1. The van der Waals surface area contributed by atoms with Crippen LogP contribution in [0.4, 0.5) is 5.82 Å². The first-order valence-electron chi connectivity index (χ1n) is 5.29. The molecule has 17 heavy (non-hydrogen) atoms. The second kappa shape index (κ2) is 3.83. The molecule has 1 aromatic carbocycles. The van der Waals surface area contributed by atoms with Crippen molar-refractivity contribution in [2.24, 2.45) is 0 Å². The maximum absolute atomic E-state index is 5.90. The third kappa shape index (κ3) is 1.59. The molecule has 4 nitrogen and oxygen atoms in total. The highest BCUT2D eigenvalue weighted by Crippen LogP contribution is 2.34. The molecule has 84 valence electrons. The summed E-state index contributed by atoms with van der Waals surface area (Å²) in [5.41, 5.74) is 8.59. The van der Waals surface area contributed by atoms with Gasteiger partial charge in [0.2, 0.25) is 0 Å². The molecule has 3 rings (SSSR count). The molecule has 3 N–H and O–H groups in total. The zero-order valence-corrected chi connectivity index (χ0v) is 9.05. The molecule has 0 unspecified atom stereocenters. The lowest BCUT2D eigenvalue weighted by Crippen LogP contribution is -1.88.